The maximum absolute atomic E-state index is 12.1. The fourth-order valence-electron chi connectivity index (χ4n) is 4.75. The summed E-state index contributed by atoms with van der Waals surface area (Å²) in [7, 11) is 0. The molecule has 0 bridgehead atoms. The lowest BCUT2D eigenvalue weighted by Crippen LogP contribution is -2.46. The first-order chi connectivity index (χ1) is 16.1. The van der Waals surface area contributed by atoms with Gasteiger partial charge in [0.05, 0.1) is 17.3 Å². The molecule has 33 heavy (non-hydrogen) atoms. The van der Waals surface area contributed by atoms with Gasteiger partial charge in [-0.25, -0.2) is 4.79 Å². The number of ether oxygens (including phenoxy) is 1. The fourth-order valence-corrected chi connectivity index (χ4v) is 6.32. The number of amides is 2. The summed E-state index contributed by atoms with van der Waals surface area (Å²) >= 11 is 8.09. The third-order valence-corrected chi connectivity index (χ3v) is 8.23. The van der Waals surface area contributed by atoms with Crippen molar-refractivity contribution in [1.82, 2.24) is 4.90 Å². The van der Waals surface area contributed by atoms with Gasteiger partial charge >= 0.3 is 6.03 Å². The number of hydrogen-bond acceptors (Lipinski definition) is 5. The van der Waals surface area contributed by atoms with Crippen molar-refractivity contribution in [1.29, 1.82) is 0 Å². The second-order valence-corrected chi connectivity index (χ2v) is 10.0. The van der Waals surface area contributed by atoms with Gasteiger partial charge in [-0.3, -0.25) is 9.80 Å². The Bertz CT molecular complexity index is 1140. The molecule has 0 spiro atoms. The van der Waals surface area contributed by atoms with Crippen LogP contribution in [0.3, 0.4) is 0 Å². The lowest BCUT2D eigenvalue weighted by molar-refractivity contribution is 0.248. The largest absolute Gasteiger partial charge is 0.491 e. The molecule has 0 unspecified atom stereocenters. The van der Waals surface area contributed by atoms with E-state index in [1.165, 1.54) is 22.6 Å². The van der Waals surface area contributed by atoms with Gasteiger partial charge in [-0.05, 0) is 37.1 Å². The number of hydrogen-bond donors (Lipinski definition) is 1. The van der Waals surface area contributed by atoms with Gasteiger partial charge < -0.3 is 15.4 Å². The van der Waals surface area contributed by atoms with E-state index >= 15 is 0 Å². The summed E-state index contributed by atoms with van der Waals surface area (Å²) in [4.78, 5) is 18.7. The first-order valence-corrected chi connectivity index (χ1v) is 12.8. The van der Waals surface area contributed by atoms with Crippen LogP contribution in [0.2, 0.25) is 5.02 Å². The highest BCUT2D eigenvalue weighted by molar-refractivity contribution is 7.23. The molecule has 3 aromatic rings. The summed E-state index contributed by atoms with van der Waals surface area (Å²) in [6.45, 7) is 6.46. The van der Waals surface area contributed by atoms with Gasteiger partial charge in [-0.2, -0.15) is 0 Å². The number of halogens is 1. The average molecular weight is 485 g/mol. The number of nitrogens with two attached hydrogens (primary N) is 1. The van der Waals surface area contributed by atoms with Crippen molar-refractivity contribution in [3.63, 3.8) is 0 Å². The number of anilines is 2. The van der Waals surface area contributed by atoms with E-state index in [1.807, 2.05) is 24.3 Å². The lowest BCUT2D eigenvalue weighted by atomic mass is 10.1. The zero-order valence-corrected chi connectivity index (χ0v) is 20.2. The average Bonchev–Trinajstić information content (AvgIpc) is 3.44. The molecule has 1 fully saturated rings. The monoisotopic (exact) mass is 484 g/mol. The van der Waals surface area contributed by atoms with E-state index in [0.717, 1.165) is 79.4 Å². The number of urea groups is 1. The van der Waals surface area contributed by atoms with Crippen molar-refractivity contribution >= 4 is 49.7 Å². The Morgan fingerprint density at radius 1 is 1.09 bits per heavy atom. The van der Waals surface area contributed by atoms with Gasteiger partial charge in [0.15, 0.2) is 0 Å². The minimum Gasteiger partial charge on any atom is -0.491 e. The predicted octanol–water partition coefficient (Wildman–Crippen LogP) is 4.98. The van der Waals surface area contributed by atoms with Crippen LogP contribution in [-0.2, 0) is 6.42 Å². The van der Waals surface area contributed by atoms with Gasteiger partial charge in [-0.15, -0.1) is 11.3 Å². The smallest absolute Gasteiger partial charge is 0.319 e. The number of carbonyl (C=O) groups excluding carboxylic acids is 1. The topological polar surface area (TPSA) is 62.0 Å². The van der Waals surface area contributed by atoms with Crippen LogP contribution < -0.4 is 20.3 Å². The van der Waals surface area contributed by atoms with E-state index in [9.17, 15) is 4.79 Å². The van der Waals surface area contributed by atoms with E-state index in [0.29, 0.717) is 11.6 Å². The van der Waals surface area contributed by atoms with E-state index < -0.39 is 6.03 Å². The van der Waals surface area contributed by atoms with Crippen LogP contribution in [0.5, 0.6) is 5.75 Å². The Morgan fingerprint density at radius 3 is 2.70 bits per heavy atom. The number of thiophene rings is 1. The van der Waals surface area contributed by atoms with Crippen molar-refractivity contribution in [2.75, 3.05) is 55.7 Å². The molecule has 1 aromatic heterocycles. The van der Waals surface area contributed by atoms with Crippen molar-refractivity contribution in [2.45, 2.75) is 19.3 Å². The van der Waals surface area contributed by atoms with Crippen LogP contribution in [-0.4, -0.2) is 56.8 Å². The van der Waals surface area contributed by atoms with Gasteiger partial charge in [0.2, 0.25) is 0 Å². The summed E-state index contributed by atoms with van der Waals surface area (Å²) in [5.41, 5.74) is 8.27. The molecule has 0 saturated carbocycles. The van der Waals surface area contributed by atoms with Crippen LogP contribution in [0.4, 0.5) is 15.5 Å². The van der Waals surface area contributed by atoms with Gasteiger partial charge in [-0.1, -0.05) is 41.9 Å². The Balaban J connectivity index is 1.12. The zero-order chi connectivity index (χ0) is 22.8. The molecule has 174 valence electrons. The first-order valence-electron chi connectivity index (χ1n) is 11.6. The summed E-state index contributed by atoms with van der Waals surface area (Å²) < 4.78 is 6.95. The van der Waals surface area contributed by atoms with Gasteiger partial charge in [0, 0.05) is 49.2 Å². The van der Waals surface area contributed by atoms with E-state index in [-0.39, 0.29) is 0 Å². The number of benzene rings is 2. The third-order valence-electron chi connectivity index (χ3n) is 6.54. The van der Waals surface area contributed by atoms with E-state index in [4.69, 9.17) is 22.1 Å². The predicted molar refractivity (Wildman–Crippen MR) is 137 cm³/mol. The first kappa shape index (κ1) is 22.3. The van der Waals surface area contributed by atoms with Crippen LogP contribution in [0.1, 0.15) is 18.4 Å². The molecule has 2 aliphatic heterocycles. The van der Waals surface area contributed by atoms with Crippen LogP contribution in [0, 0.1) is 0 Å². The number of nitrogens with zero attached hydrogens (tertiary/aromatic N) is 3. The zero-order valence-electron chi connectivity index (χ0n) is 18.6. The molecule has 6 nitrogen and oxygen atoms in total. The maximum Gasteiger partial charge on any atom is 0.319 e. The molecule has 5 rings (SSSR count). The lowest BCUT2D eigenvalue weighted by Gasteiger charge is -2.36. The Kier molecular flexibility index (Phi) is 6.62. The molecule has 2 N–H and O–H groups in total. The number of primary amides is 1. The summed E-state index contributed by atoms with van der Waals surface area (Å²) in [6, 6.07) is 14.0. The summed E-state index contributed by atoms with van der Waals surface area (Å²) in [5, 5.41) is 2.33. The highest BCUT2D eigenvalue weighted by Gasteiger charge is 2.24. The van der Waals surface area contributed by atoms with Crippen molar-refractivity contribution in [3.8, 4) is 5.75 Å². The van der Waals surface area contributed by atoms with Gasteiger partial charge in [0.1, 0.15) is 10.8 Å². The molecule has 2 aliphatic rings. The Labute approximate surface area is 203 Å². The van der Waals surface area contributed by atoms with Crippen LogP contribution in [0.15, 0.2) is 42.5 Å². The Morgan fingerprint density at radius 2 is 1.91 bits per heavy atom. The molecule has 3 heterocycles. The molecule has 2 aromatic carbocycles. The van der Waals surface area contributed by atoms with E-state index in [1.54, 1.807) is 4.90 Å². The number of rotatable bonds is 7. The molecule has 0 aliphatic carbocycles. The minimum atomic E-state index is -0.449. The Hall–Kier alpha value is -2.48. The van der Waals surface area contributed by atoms with Crippen LogP contribution >= 0.6 is 22.9 Å². The fraction of sp³-hybridized carbons (Fsp3) is 0.400. The van der Waals surface area contributed by atoms with E-state index in [2.05, 4.69) is 28.0 Å². The highest BCUT2D eigenvalue weighted by Crippen LogP contribution is 2.42. The molecule has 2 amide bonds. The maximum atomic E-state index is 12.1. The molecule has 8 heteroatoms. The molecular weight excluding hydrogens is 456 g/mol. The normalized spacial score (nSPS) is 16.1. The van der Waals surface area contributed by atoms with Crippen molar-refractivity contribution in [3.05, 3.63) is 53.1 Å². The highest BCUT2D eigenvalue weighted by atomic mass is 35.5. The van der Waals surface area contributed by atoms with Crippen LogP contribution in [0.25, 0.3) is 10.1 Å². The second-order valence-electron chi connectivity index (χ2n) is 8.61. The van der Waals surface area contributed by atoms with Crippen molar-refractivity contribution < 1.29 is 9.53 Å². The molecule has 1 saturated heterocycles. The number of unbranched alkanes of at least 4 members (excludes halogenated alkanes) is 1. The minimum absolute atomic E-state index is 0.449. The van der Waals surface area contributed by atoms with Gasteiger partial charge in [0.25, 0.3) is 0 Å². The summed E-state index contributed by atoms with van der Waals surface area (Å²) in [5.74, 6) is 1.08. The number of para-hydroxylation sites is 1. The SMILES string of the molecule is NC(=O)N(CCCCN1CCN(c2cccc3c2OCC3)CC1)c1sc2ccccc2c1Cl. The number of fused-ring (bicyclic) bond motifs is 2. The second kappa shape index (κ2) is 9.79. The molecule has 0 atom stereocenters. The molecule has 0 radical (unpaired) electrons. The quantitative estimate of drug-likeness (QED) is 0.480. The third kappa shape index (κ3) is 4.63. The number of piperazine rings is 1. The molecular formula is C25H29ClN4O2S. The summed E-state index contributed by atoms with van der Waals surface area (Å²) in [6.07, 6.45) is 2.90. The standard InChI is InChI=1S/C25H29ClN4O2S/c26-22-19-7-1-2-9-21(19)33-24(22)30(25(27)31)12-4-3-11-28-13-15-29(16-14-28)20-8-5-6-18-10-17-32-23(18)20/h1-2,5-9H,3-4,10-17H2,(H2,27,31). The van der Waals surface area contributed by atoms with Crippen molar-refractivity contribution in [2.24, 2.45) is 5.73 Å². The number of carbonyl (C=O) groups is 1.